The van der Waals surface area contributed by atoms with Crippen LogP contribution in [0, 0.1) is 11.8 Å². The summed E-state index contributed by atoms with van der Waals surface area (Å²) in [6.07, 6.45) is 2.52. The topological polar surface area (TPSA) is 352 Å². The molecule has 1 aliphatic heterocycles. The number of benzene rings is 3. The Morgan fingerprint density at radius 2 is 1.03 bits per heavy atom. The van der Waals surface area contributed by atoms with Gasteiger partial charge >= 0.3 is 5.97 Å². The van der Waals surface area contributed by atoms with Crippen LogP contribution in [0.4, 0.5) is 0 Å². The summed E-state index contributed by atoms with van der Waals surface area (Å²) in [5, 5.41) is 26.6. The molecular formula is C74H111N13O13S2. The summed E-state index contributed by atoms with van der Waals surface area (Å²) >= 11 is 0. The molecule has 562 valence electrons. The molecule has 3 aromatic rings. The number of hydrogen-bond acceptors (Lipinski definition) is 16. The molecule has 0 spiro atoms. The molecule has 0 aliphatic carbocycles. The van der Waals surface area contributed by atoms with E-state index in [1.165, 1.54) is 97.1 Å². The van der Waals surface area contributed by atoms with Crippen molar-refractivity contribution in [3.63, 3.8) is 0 Å². The third-order valence-electron chi connectivity index (χ3n) is 17.8. The number of aliphatic imine (C=N–C) groups is 1. The first-order valence-electron chi connectivity index (χ1n) is 35.0. The number of nitrogens with zero attached hydrogens (tertiary/aromatic N) is 6. The van der Waals surface area contributed by atoms with Gasteiger partial charge in [-0.1, -0.05) is 161 Å². The largest absolute Gasteiger partial charge is 0.480 e. The maximum Gasteiger partial charge on any atom is 0.326 e. The lowest BCUT2D eigenvalue weighted by molar-refractivity contribution is -0.150. The molecule has 0 unspecified atom stereocenters. The van der Waals surface area contributed by atoms with Gasteiger partial charge in [-0.05, 0) is 114 Å². The van der Waals surface area contributed by atoms with E-state index in [1.54, 1.807) is 60.7 Å². The third kappa shape index (κ3) is 27.1. The molecule has 3 aromatic carbocycles. The van der Waals surface area contributed by atoms with Crippen molar-refractivity contribution in [2.24, 2.45) is 22.6 Å². The Labute approximate surface area is 610 Å². The van der Waals surface area contributed by atoms with Crippen LogP contribution >= 0.6 is 21.6 Å². The molecule has 0 radical (unpaired) electrons. The number of carbonyl (C=O) groups is 12. The number of aliphatic carboxylic acids is 1. The molecule has 28 heteroatoms. The van der Waals surface area contributed by atoms with Crippen LogP contribution in [0.3, 0.4) is 0 Å². The fourth-order valence-corrected chi connectivity index (χ4v) is 14.1. The Balaban J connectivity index is 1.50. The van der Waals surface area contributed by atoms with Gasteiger partial charge in [0.2, 0.25) is 65.0 Å². The Kier molecular flexibility index (Phi) is 35.1. The summed E-state index contributed by atoms with van der Waals surface area (Å²) < 4.78 is -0.218. The molecule has 4 rings (SSSR count). The molecule has 0 saturated carbocycles. The number of carboxylic acid groups (broad SMARTS) is 1. The van der Waals surface area contributed by atoms with E-state index in [1.807, 2.05) is 78.8 Å². The van der Waals surface area contributed by atoms with Gasteiger partial charge in [0.05, 0.1) is 6.04 Å². The van der Waals surface area contributed by atoms with Crippen LogP contribution < -0.4 is 37.6 Å². The first kappa shape index (κ1) is 86.0. The predicted molar refractivity (Wildman–Crippen MR) is 398 cm³/mol. The molecule has 0 bridgehead atoms. The average molecular weight is 1450 g/mol. The second kappa shape index (κ2) is 41.7. The van der Waals surface area contributed by atoms with Gasteiger partial charge in [0.15, 0.2) is 0 Å². The molecule has 12 atom stereocenters. The Bertz CT molecular complexity index is 3310. The monoisotopic (exact) mass is 1450 g/mol. The average Bonchev–Trinajstić information content (AvgIpc) is 1.23. The quantitative estimate of drug-likeness (QED) is 0.0220. The van der Waals surface area contributed by atoms with Crippen LogP contribution in [0.5, 0.6) is 0 Å². The number of nitrogens with one attached hydrogen (secondary N) is 6. The highest BCUT2D eigenvalue weighted by Gasteiger charge is 2.42. The Morgan fingerprint density at radius 3 is 1.57 bits per heavy atom. The van der Waals surface area contributed by atoms with E-state index >= 15 is 0 Å². The molecule has 26 nitrogen and oxygen atoms in total. The summed E-state index contributed by atoms with van der Waals surface area (Å²) in [5.41, 5.74) is 8.48. The molecule has 1 heterocycles. The summed E-state index contributed by atoms with van der Waals surface area (Å²) in [4.78, 5) is 180. The molecule has 1 fully saturated rings. The lowest BCUT2D eigenvalue weighted by atomic mass is 9.99. The number of amides is 11. The highest BCUT2D eigenvalue weighted by molar-refractivity contribution is 8.77. The van der Waals surface area contributed by atoms with Crippen LogP contribution in [0.2, 0.25) is 0 Å². The van der Waals surface area contributed by atoms with E-state index in [-0.39, 0.29) is 73.8 Å². The van der Waals surface area contributed by atoms with Crippen molar-refractivity contribution in [3.05, 3.63) is 108 Å². The minimum Gasteiger partial charge on any atom is -0.480 e. The molecule has 0 aromatic heterocycles. The van der Waals surface area contributed by atoms with Gasteiger partial charge in [-0.3, -0.25) is 52.7 Å². The fourth-order valence-electron chi connectivity index (χ4n) is 11.6. The smallest absolute Gasteiger partial charge is 0.326 e. The Hall–Kier alpha value is -8.37. The molecule has 1 aliphatic rings. The van der Waals surface area contributed by atoms with Gasteiger partial charge in [0, 0.05) is 64.6 Å². The normalized spacial score (nSPS) is 16.2. The van der Waals surface area contributed by atoms with E-state index in [0.29, 0.717) is 36.9 Å². The van der Waals surface area contributed by atoms with Gasteiger partial charge in [-0.2, -0.15) is 0 Å². The standard InChI is InChI=1S/C74H111N13O13S2/c1-45(2)39-57(81-65(91)55(35-26-27-37-76-12)79-64(90)54(75)41-51-29-20-17-21-30-51)70(96)84(14)50(8)69(95)85(15)60(40-46(3)4)67(93)78-48(6)68(94)86(16)61(43-53-33-24-19-25-34-53)72(98)83(13)49(7)63(89)77-47(5)62(88)80-56(42-52-31-22-18-23-32-52)66(92)82-58(44-101-102-74(9,10)11)71(97)87-38-28-36-59(87)73(99)100/h17-25,29-34,45-50,54-61H,12,26-28,35-44,75H2,1-11,13-16H3,(H,77,89)(H,78,93)(H,79,90)(H,80,88)(H,81,91)(H,82,92)(H,99,100)/t47-,48-,49-,50-,54-,55-,56-,57-,58-,59-,60-,61-/m0/s1. The van der Waals surface area contributed by atoms with Crippen LogP contribution in [-0.4, -0.2) is 232 Å². The predicted octanol–water partition coefficient (Wildman–Crippen LogP) is 4.56. The van der Waals surface area contributed by atoms with E-state index < -0.39 is 143 Å². The summed E-state index contributed by atoms with van der Waals surface area (Å²) in [6.45, 7) is 23.4. The van der Waals surface area contributed by atoms with Crippen molar-refractivity contribution in [3.8, 4) is 0 Å². The van der Waals surface area contributed by atoms with E-state index in [0.717, 1.165) is 10.5 Å². The van der Waals surface area contributed by atoms with Gasteiger partial charge < -0.3 is 72.2 Å². The number of likely N-dealkylation sites (tertiary alicyclic amines) is 1. The van der Waals surface area contributed by atoms with Crippen LogP contribution in [0.1, 0.15) is 138 Å². The molecule has 11 amide bonds. The minimum atomic E-state index is -1.29. The number of carbonyl (C=O) groups excluding carboxylic acids is 11. The summed E-state index contributed by atoms with van der Waals surface area (Å²) in [5.74, 6) is -8.58. The molecular weight excluding hydrogens is 1340 g/mol. The summed E-state index contributed by atoms with van der Waals surface area (Å²) in [7, 11) is 8.46. The van der Waals surface area contributed by atoms with Crippen molar-refractivity contribution in [2.45, 2.75) is 218 Å². The lowest BCUT2D eigenvalue weighted by Crippen LogP contribution is -2.60. The van der Waals surface area contributed by atoms with Crippen molar-refractivity contribution in [2.75, 3.05) is 47.0 Å². The van der Waals surface area contributed by atoms with Gasteiger partial charge in [-0.15, -0.1) is 0 Å². The highest BCUT2D eigenvalue weighted by Crippen LogP contribution is 2.36. The van der Waals surface area contributed by atoms with Crippen molar-refractivity contribution in [1.29, 1.82) is 0 Å². The van der Waals surface area contributed by atoms with E-state index in [4.69, 9.17) is 5.73 Å². The summed E-state index contributed by atoms with van der Waals surface area (Å²) in [6, 6.07) is 12.8. The zero-order valence-electron chi connectivity index (χ0n) is 62.1. The number of rotatable bonds is 40. The van der Waals surface area contributed by atoms with Crippen LogP contribution in [0.25, 0.3) is 0 Å². The number of unbranched alkanes of at least 4 members (excludes halogenated alkanes) is 1. The van der Waals surface area contributed by atoms with Crippen molar-refractivity contribution in [1.82, 2.24) is 56.4 Å². The third-order valence-corrected chi connectivity index (χ3v) is 21.2. The Morgan fingerprint density at radius 1 is 0.539 bits per heavy atom. The maximum absolute atomic E-state index is 14.9. The fraction of sp³-hybridized carbons (Fsp3) is 0.581. The van der Waals surface area contributed by atoms with Crippen LogP contribution in [-0.2, 0) is 76.8 Å². The minimum absolute atomic E-state index is 0.0212. The maximum atomic E-state index is 14.9. The van der Waals surface area contributed by atoms with E-state index in [2.05, 4.69) is 43.6 Å². The van der Waals surface area contributed by atoms with Gasteiger partial charge in [-0.25, -0.2) is 4.79 Å². The highest BCUT2D eigenvalue weighted by atomic mass is 33.1. The zero-order valence-corrected chi connectivity index (χ0v) is 63.7. The van der Waals surface area contributed by atoms with Crippen molar-refractivity contribution < 1.29 is 62.6 Å². The van der Waals surface area contributed by atoms with Crippen molar-refractivity contribution >= 4 is 99.3 Å². The van der Waals surface area contributed by atoms with Gasteiger partial charge in [0.1, 0.15) is 66.5 Å². The number of nitrogens with two attached hydrogens (primary N) is 1. The van der Waals surface area contributed by atoms with E-state index in [9.17, 15) is 62.6 Å². The lowest BCUT2D eigenvalue weighted by Gasteiger charge is -2.36. The SMILES string of the molecule is C=NCCCC[C@H](NC(=O)[C@@H](N)Cc1ccccc1)C(=O)N[C@@H](CC(C)C)C(=O)N(C)[C@@H](C)C(=O)N(C)[C@@H](CC(C)C)C(=O)N[C@@H](C)C(=O)N(C)[C@@H](Cc1ccccc1)C(=O)N(C)[C@@H](C)C(=O)N[C@@H](C)C(=O)N[C@@H](Cc1ccccc1)C(=O)N[C@@H](CSSC(C)(C)C)C(=O)N1CCC[C@H]1C(=O)O. The van der Waals surface area contributed by atoms with Crippen LogP contribution in [0.15, 0.2) is 96.0 Å². The number of hydrogen-bond donors (Lipinski definition) is 8. The zero-order chi connectivity index (χ0) is 76.3. The first-order chi connectivity index (χ1) is 48.0. The number of likely N-dealkylation sites (N-methyl/N-ethyl adjacent to an activating group) is 4. The molecule has 9 N–H and O–H groups in total. The number of carboxylic acids is 1. The molecule has 1 saturated heterocycles. The first-order valence-corrected chi connectivity index (χ1v) is 37.3. The second-order valence-corrected chi connectivity index (χ2v) is 31.4. The van der Waals surface area contributed by atoms with Gasteiger partial charge in [0.25, 0.3) is 0 Å². The second-order valence-electron chi connectivity index (χ2n) is 28.3. The molecule has 102 heavy (non-hydrogen) atoms.